The largest absolute Gasteiger partial charge is 0.456 e. The number of aliphatic hydroxyl groups is 1. The predicted molar refractivity (Wildman–Crippen MR) is 151 cm³/mol. The second-order valence-corrected chi connectivity index (χ2v) is 10.5. The molecule has 0 aliphatic carbocycles. The molecule has 4 nitrogen and oxygen atoms in total. The van der Waals surface area contributed by atoms with Gasteiger partial charge in [-0.25, -0.2) is 0 Å². The van der Waals surface area contributed by atoms with E-state index in [4.69, 9.17) is 4.74 Å². The lowest BCUT2D eigenvalue weighted by Gasteiger charge is -2.36. The molecule has 198 valence electrons. The third-order valence-corrected chi connectivity index (χ3v) is 7.59. The SMILES string of the molecule is CCC(O)C(C)C(=O)O[C@H](c1ccccc1)[C@H](C)N(Cc1ccccc1C)Cc1c(C)cc(C)cc1C. The van der Waals surface area contributed by atoms with Gasteiger partial charge in [0.05, 0.1) is 12.0 Å². The van der Waals surface area contributed by atoms with Crippen molar-refractivity contribution >= 4 is 5.97 Å². The number of carbonyl (C=O) groups excluding carboxylic acids is 1. The fourth-order valence-corrected chi connectivity index (χ4v) is 5.03. The van der Waals surface area contributed by atoms with Crippen LogP contribution in [0.15, 0.2) is 66.7 Å². The van der Waals surface area contributed by atoms with Crippen LogP contribution in [0.5, 0.6) is 0 Å². The molecule has 0 saturated heterocycles. The molecule has 0 fully saturated rings. The Kier molecular flexibility index (Phi) is 10.1. The molecule has 0 saturated carbocycles. The van der Waals surface area contributed by atoms with Gasteiger partial charge < -0.3 is 9.84 Å². The van der Waals surface area contributed by atoms with E-state index in [-0.39, 0.29) is 12.0 Å². The molecule has 0 aromatic heterocycles. The molecule has 0 spiro atoms. The third-order valence-electron chi connectivity index (χ3n) is 7.59. The lowest BCUT2D eigenvalue weighted by Crippen LogP contribution is -2.40. The van der Waals surface area contributed by atoms with Crippen LogP contribution in [-0.4, -0.2) is 28.1 Å². The van der Waals surface area contributed by atoms with E-state index in [0.717, 1.165) is 18.7 Å². The summed E-state index contributed by atoms with van der Waals surface area (Å²) in [5, 5.41) is 10.3. The Morgan fingerprint density at radius 1 is 0.865 bits per heavy atom. The number of aliphatic hydroxyl groups excluding tert-OH is 1. The smallest absolute Gasteiger partial charge is 0.311 e. The van der Waals surface area contributed by atoms with Gasteiger partial charge in [0.25, 0.3) is 0 Å². The molecule has 4 atom stereocenters. The van der Waals surface area contributed by atoms with Gasteiger partial charge in [-0.2, -0.15) is 0 Å². The Bertz CT molecular complexity index is 1150. The van der Waals surface area contributed by atoms with Crippen molar-refractivity contribution in [2.45, 2.75) is 86.2 Å². The van der Waals surface area contributed by atoms with Crippen molar-refractivity contribution in [3.8, 4) is 0 Å². The summed E-state index contributed by atoms with van der Waals surface area (Å²) in [5.74, 6) is -0.955. The summed E-state index contributed by atoms with van der Waals surface area (Å²) in [7, 11) is 0. The monoisotopic (exact) mass is 501 g/mol. The van der Waals surface area contributed by atoms with E-state index < -0.39 is 18.1 Å². The Balaban J connectivity index is 2.02. The first-order valence-corrected chi connectivity index (χ1v) is 13.4. The van der Waals surface area contributed by atoms with Crippen molar-refractivity contribution in [1.82, 2.24) is 4.90 Å². The zero-order chi connectivity index (χ0) is 27.1. The summed E-state index contributed by atoms with van der Waals surface area (Å²) in [5.41, 5.74) is 8.55. The first-order chi connectivity index (χ1) is 17.6. The molecular formula is C33H43NO3. The molecule has 37 heavy (non-hydrogen) atoms. The van der Waals surface area contributed by atoms with Gasteiger partial charge in [0, 0.05) is 19.1 Å². The number of rotatable bonds is 11. The highest BCUT2D eigenvalue weighted by molar-refractivity contribution is 5.73. The maximum Gasteiger partial charge on any atom is 0.311 e. The molecule has 0 bridgehead atoms. The zero-order valence-electron chi connectivity index (χ0n) is 23.5. The summed E-state index contributed by atoms with van der Waals surface area (Å²) in [6, 6.07) is 22.8. The number of hydrogen-bond acceptors (Lipinski definition) is 4. The molecule has 0 heterocycles. The fourth-order valence-electron chi connectivity index (χ4n) is 5.03. The topological polar surface area (TPSA) is 49.8 Å². The van der Waals surface area contributed by atoms with Crippen LogP contribution in [0.2, 0.25) is 0 Å². The summed E-state index contributed by atoms with van der Waals surface area (Å²) in [6.45, 7) is 15.9. The van der Waals surface area contributed by atoms with Crippen molar-refractivity contribution in [3.63, 3.8) is 0 Å². The van der Waals surface area contributed by atoms with Crippen molar-refractivity contribution in [2.24, 2.45) is 5.92 Å². The van der Waals surface area contributed by atoms with Crippen LogP contribution in [0.1, 0.15) is 72.2 Å². The Morgan fingerprint density at radius 3 is 2.05 bits per heavy atom. The Hall–Kier alpha value is -2.95. The van der Waals surface area contributed by atoms with Crippen LogP contribution in [0.4, 0.5) is 0 Å². The standard InChI is InChI=1S/C33H43NO3/c1-8-31(35)26(6)33(36)37-32(28-15-10-9-11-16-28)27(7)34(20-29-17-13-12-14-23(29)3)21-30-24(4)18-22(2)19-25(30)5/h9-19,26-27,31-32,35H,8,20-21H2,1-7H3/t26?,27-,31?,32-/m0/s1. The highest BCUT2D eigenvalue weighted by atomic mass is 16.5. The van der Waals surface area contributed by atoms with Crippen molar-refractivity contribution in [3.05, 3.63) is 106 Å². The molecule has 2 unspecified atom stereocenters. The van der Waals surface area contributed by atoms with E-state index in [1.807, 2.05) is 37.3 Å². The van der Waals surface area contributed by atoms with E-state index in [2.05, 4.69) is 75.9 Å². The number of aryl methyl sites for hydroxylation is 4. The van der Waals surface area contributed by atoms with Gasteiger partial charge >= 0.3 is 5.97 Å². The minimum absolute atomic E-state index is 0.114. The Morgan fingerprint density at radius 2 is 1.46 bits per heavy atom. The molecule has 0 amide bonds. The molecule has 0 aliphatic heterocycles. The van der Waals surface area contributed by atoms with Gasteiger partial charge in [-0.3, -0.25) is 9.69 Å². The minimum Gasteiger partial charge on any atom is -0.456 e. The number of esters is 1. The highest BCUT2D eigenvalue weighted by Gasteiger charge is 2.32. The first kappa shape index (κ1) is 28.6. The van der Waals surface area contributed by atoms with Gasteiger partial charge in [0.1, 0.15) is 6.10 Å². The minimum atomic E-state index is -0.722. The average molecular weight is 502 g/mol. The average Bonchev–Trinajstić information content (AvgIpc) is 2.88. The summed E-state index contributed by atoms with van der Waals surface area (Å²) >= 11 is 0. The van der Waals surface area contributed by atoms with E-state index in [0.29, 0.717) is 6.42 Å². The molecular weight excluding hydrogens is 458 g/mol. The van der Waals surface area contributed by atoms with Crippen molar-refractivity contribution in [1.29, 1.82) is 0 Å². The number of benzene rings is 3. The quantitative estimate of drug-likeness (QED) is 0.287. The lowest BCUT2D eigenvalue weighted by molar-refractivity contribution is -0.161. The van der Waals surface area contributed by atoms with Crippen LogP contribution >= 0.6 is 0 Å². The zero-order valence-corrected chi connectivity index (χ0v) is 23.5. The van der Waals surface area contributed by atoms with Gasteiger partial charge in [-0.1, -0.05) is 79.2 Å². The number of hydrogen-bond donors (Lipinski definition) is 1. The second-order valence-electron chi connectivity index (χ2n) is 10.5. The van der Waals surface area contributed by atoms with Gasteiger partial charge in [0.15, 0.2) is 0 Å². The summed E-state index contributed by atoms with van der Waals surface area (Å²) in [4.78, 5) is 15.6. The van der Waals surface area contributed by atoms with Crippen LogP contribution < -0.4 is 0 Å². The number of ether oxygens (including phenoxy) is 1. The lowest BCUT2D eigenvalue weighted by atomic mass is 9.96. The highest BCUT2D eigenvalue weighted by Crippen LogP contribution is 2.31. The van der Waals surface area contributed by atoms with Crippen LogP contribution in [0.3, 0.4) is 0 Å². The third kappa shape index (κ3) is 7.30. The van der Waals surface area contributed by atoms with Gasteiger partial charge in [-0.15, -0.1) is 0 Å². The summed E-state index contributed by atoms with van der Waals surface area (Å²) in [6.07, 6.45) is -0.692. The predicted octanol–water partition coefficient (Wildman–Crippen LogP) is 7.00. The maximum absolute atomic E-state index is 13.2. The molecule has 3 aromatic carbocycles. The number of carbonyl (C=O) groups is 1. The molecule has 3 rings (SSSR count). The Labute approximate surface area is 223 Å². The van der Waals surface area contributed by atoms with Crippen molar-refractivity contribution in [2.75, 3.05) is 0 Å². The van der Waals surface area contributed by atoms with E-state index >= 15 is 0 Å². The molecule has 1 N–H and O–H groups in total. The molecule has 3 aromatic rings. The second kappa shape index (κ2) is 13.0. The van der Waals surface area contributed by atoms with Crippen LogP contribution in [0, 0.1) is 33.6 Å². The first-order valence-electron chi connectivity index (χ1n) is 13.4. The normalized spacial score (nSPS) is 14.7. The maximum atomic E-state index is 13.2. The number of nitrogens with zero attached hydrogens (tertiary/aromatic N) is 1. The molecule has 4 heteroatoms. The van der Waals surface area contributed by atoms with E-state index in [1.54, 1.807) is 6.92 Å². The van der Waals surface area contributed by atoms with Crippen LogP contribution in [0.25, 0.3) is 0 Å². The van der Waals surface area contributed by atoms with Crippen LogP contribution in [-0.2, 0) is 22.6 Å². The van der Waals surface area contributed by atoms with Gasteiger partial charge in [-0.05, 0) is 81.3 Å². The fraction of sp³-hybridized carbons (Fsp3) is 0.424. The summed E-state index contributed by atoms with van der Waals surface area (Å²) < 4.78 is 6.21. The molecule has 0 radical (unpaired) electrons. The van der Waals surface area contributed by atoms with Gasteiger partial charge in [0.2, 0.25) is 0 Å². The molecule has 0 aliphatic rings. The van der Waals surface area contributed by atoms with E-state index in [9.17, 15) is 9.90 Å². The van der Waals surface area contributed by atoms with Crippen molar-refractivity contribution < 1.29 is 14.6 Å². The van der Waals surface area contributed by atoms with E-state index in [1.165, 1.54) is 33.4 Å².